The third-order valence-electron chi connectivity index (χ3n) is 5.09. The van der Waals surface area contributed by atoms with Gasteiger partial charge >= 0.3 is 0 Å². The van der Waals surface area contributed by atoms with Crippen LogP contribution in [0.5, 0.6) is 0 Å². The molecule has 0 aromatic carbocycles. The van der Waals surface area contributed by atoms with Crippen LogP contribution in [-0.2, 0) is 0 Å². The van der Waals surface area contributed by atoms with Crippen molar-refractivity contribution in [1.82, 2.24) is 4.90 Å². The minimum absolute atomic E-state index is 0.402. The molecular weight excluding hydrogens is 182 g/mol. The van der Waals surface area contributed by atoms with E-state index in [4.69, 9.17) is 0 Å². The zero-order valence-corrected chi connectivity index (χ0v) is 11.3. The van der Waals surface area contributed by atoms with E-state index in [1.54, 1.807) is 0 Å². The Morgan fingerprint density at radius 1 is 0.933 bits per heavy atom. The Labute approximate surface area is 95.2 Å². The van der Waals surface area contributed by atoms with Gasteiger partial charge in [0.05, 0.1) is 0 Å². The van der Waals surface area contributed by atoms with Gasteiger partial charge in [-0.1, -0.05) is 6.42 Å². The molecule has 2 fully saturated rings. The summed E-state index contributed by atoms with van der Waals surface area (Å²) in [5.74, 6) is 1.85. The van der Waals surface area contributed by atoms with Gasteiger partial charge in [0.1, 0.15) is 0 Å². The smallest absolute Gasteiger partial charge is 0.0192 e. The van der Waals surface area contributed by atoms with Crippen molar-refractivity contribution in [2.45, 2.75) is 77.9 Å². The first-order valence-electron chi connectivity index (χ1n) is 6.59. The van der Waals surface area contributed by atoms with E-state index in [-0.39, 0.29) is 0 Å². The second kappa shape index (κ2) is 3.23. The maximum Gasteiger partial charge on any atom is 0.0192 e. The minimum atomic E-state index is 0.402. The molecular formula is C14H27N. The van der Waals surface area contributed by atoms with E-state index in [0.717, 1.165) is 11.8 Å². The van der Waals surface area contributed by atoms with Gasteiger partial charge in [-0.15, -0.1) is 0 Å². The van der Waals surface area contributed by atoms with Crippen LogP contribution in [0.3, 0.4) is 0 Å². The molecule has 0 spiro atoms. The molecule has 1 heteroatoms. The fourth-order valence-corrected chi connectivity index (χ4v) is 5.08. The van der Waals surface area contributed by atoms with E-state index in [9.17, 15) is 0 Å². The molecule has 0 aromatic heterocycles. The van der Waals surface area contributed by atoms with Gasteiger partial charge in [0.25, 0.3) is 0 Å². The molecule has 2 aliphatic rings. The van der Waals surface area contributed by atoms with Gasteiger partial charge in [-0.05, 0) is 66.2 Å². The Hall–Kier alpha value is -0.0400. The summed E-state index contributed by atoms with van der Waals surface area (Å²) in [6.07, 6.45) is 4.35. The zero-order chi connectivity index (χ0) is 11.4. The highest BCUT2D eigenvalue weighted by Crippen LogP contribution is 2.56. The van der Waals surface area contributed by atoms with Crippen molar-refractivity contribution in [3.8, 4) is 0 Å². The van der Waals surface area contributed by atoms with E-state index in [0.29, 0.717) is 17.1 Å². The van der Waals surface area contributed by atoms with Gasteiger partial charge in [0.15, 0.2) is 0 Å². The van der Waals surface area contributed by atoms with Crippen LogP contribution in [-0.4, -0.2) is 22.0 Å². The second-order valence-electron chi connectivity index (χ2n) is 6.91. The minimum Gasteiger partial charge on any atom is -0.290 e. The fraction of sp³-hybridized carbons (Fsp3) is 1.00. The number of hydrogen-bond donors (Lipinski definition) is 0. The number of likely N-dealkylation sites (tertiary alicyclic amines) is 1. The second-order valence-corrected chi connectivity index (χ2v) is 6.91. The van der Waals surface area contributed by atoms with Gasteiger partial charge in [-0.3, -0.25) is 4.90 Å². The summed E-state index contributed by atoms with van der Waals surface area (Å²) in [5, 5.41) is 0. The van der Waals surface area contributed by atoms with Crippen molar-refractivity contribution >= 4 is 0 Å². The van der Waals surface area contributed by atoms with E-state index in [2.05, 4.69) is 46.4 Å². The fourth-order valence-electron chi connectivity index (χ4n) is 5.08. The third-order valence-corrected chi connectivity index (χ3v) is 5.09. The van der Waals surface area contributed by atoms with E-state index in [1.807, 2.05) is 0 Å². The predicted octanol–water partition coefficient (Wildman–Crippen LogP) is 3.68. The average molecular weight is 209 g/mol. The van der Waals surface area contributed by atoms with Crippen molar-refractivity contribution in [2.24, 2.45) is 11.8 Å². The SMILES string of the molecule is CC(C)N1C(C)(C)C2CCCC2C1(C)C. The van der Waals surface area contributed by atoms with Crippen LogP contribution in [0.2, 0.25) is 0 Å². The Morgan fingerprint density at radius 3 is 1.67 bits per heavy atom. The number of nitrogens with zero attached hydrogens (tertiary/aromatic N) is 1. The van der Waals surface area contributed by atoms with Gasteiger partial charge in [-0.2, -0.15) is 0 Å². The lowest BCUT2D eigenvalue weighted by atomic mass is 9.80. The molecule has 15 heavy (non-hydrogen) atoms. The molecule has 0 bridgehead atoms. The zero-order valence-electron chi connectivity index (χ0n) is 11.3. The molecule has 1 saturated carbocycles. The molecule has 0 aromatic rings. The van der Waals surface area contributed by atoms with Gasteiger partial charge in [-0.25, -0.2) is 0 Å². The number of rotatable bonds is 1. The van der Waals surface area contributed by atoms with Crippen molar-refractivity contribution < 1.29 is 0 Å². The summed E-state index contributed by atoms with van der Waals surface area (Å²) in [7, 11) is 0. The molecule has 0 radical (unpaired) electrons. The van der Waals surface area contributed by atoms with Gasteiger partial charge in [0.2, 0.25) is 0 Å². The summed E-state index contributed by atoms with van der Waals surface area (Å²) in [5.41, 5.74) is 0.803. The van der Waals surface area contributed by atoms with Crippen LogP contribution in [0, 0.1) is 11.8 Å². The maximum absolute atomic E-state index is 2.77. The normalized spacial score (nSPS) is 38.6. The molecule has 0 amide bonds. The molecule has 1 aliphatic carbocycles. The lowest BCUT2D eigenvalue weighted by Gasteiger charge is -2.45. The molecule has 1 saturated heterocycles. The Bertz CT molecular complexity index is 230. The molecule has 1 heterocycles. The first-order valence-corrected chi connectivity index (χ1v) is 6.59. The summed E-state index contributed by atoms with van der Waals surface area (Å²) >= 11 is 0. The average Bonchev–Trinajstić information content (AvgIpc) is 2.52. The Morgan fingerprint density at radius 2 is 1.33 bits per heavy atom. The molecule has 1 nitrogen and oxygen atoms in total. The molecule has 88 valence electrons. The lowest BCUT2D eigenvalue weighted by Crippen LogP contribution is -2.54. The van der Waals surface area contributed by atoms with Crippen LogP contribution in [0.25, 0.3) is 0 Å². The molecule has 2 atom stereocenters. The topological polar surface area (TPSA) is 3.24 Å². The first-order chi connectivity index (χ1) is 6.79. The number of hydrogen-bond acceptors (Lipinski definition) is 1. The summed E-state index contributed by atoms with van der Waals surface area (Å²) < 4.78 is 0. The van der Waals surface area contributed by atoms with Crippen LogP contribution in [0.15, 0.2) is 0 Å². The lowest BCUT2D eigenvalue weighted by molar-refractivity contribution is 0.0233. The van der Waals surface area contributed by atoms with E-state index >= 15 is 0 Å². The van der Waals surface area contributed by atoms with Crippen molar-refractivity contribution in [3.63, 3.8) is 0 Å². The van der Waals surface area contributed by atoms with Crippen LogP contribution >= 0.6 is 0 Å². The third kappa shape index (κ3) is 1.39. The van der Waals surface area contributed by atoms with Crippen molar-refractivity contribution in [2.75, 3.05) is 0 Å². The molecule has 2 rings (SSSR count). The summed E-state index contributed by atoms with van der Waals surface area (Å²) in [6.45, 7) is 14.6. The quantitative estimate of drug-likeness (QED) is 0.637. The highest BCUT2D eigenvalue weighted by molar-refractivity contribution is 5.13. The standard InChI is InChI=1S/C14H27N/c1-10(2)15-13(3,4)11-8-7-9-12(11)14(15,5)6/h10-12H,7-9H2,1-6H3. The van der Waals surface area contributed by atoms with E-state index < -0.39 is 0 Å². The Balaban J connectivity index is 2.40. The first kappa shape index (κ1) is 11.4. The molecule has 1 aliphatic heterocycles. The number of fused-ring (bicyclic) bond motifs is 1. The van der Waals surface area contributed by atoms with Crippen LogP contribution < -0.4 is 0 Å². The predicted molar refractivity (Wildman–Crippen MR) is 66.0 cm³/mol. The maximum atomic E-state index is 2.77. The highest BCUT2D eigenvalue weighted by Gasteiger charge is 2.59. The molecule has 0 N–H and O–H groups in total. The van der Waals surface area contributed by atoms with Crippen LogP contribution in [0.1, 0.15) is 60.8 Å². The highest BCUT2D eigenvalue weighted by atomic mass is 15.3. The van der Waals surface area contributed by atoms with Crippen molar-refractivity contribution in [3.05, 3.63) is 0 Å². The monoisotopic (exact) mass is 209 g/mol. The Kier molecular flexibility index (Phi) is 2.46. The summed E-state index contributed by atoms with van der Waals surface area (Å²) in [6, 6.07) is 0.667. The molecule has 2 unspecified atom stereocenters. The largest absolute Gasteiger partial charge is 0.290 e. The van der Waals surface area contributed by atoms with Gasteiger partial charge < -0.3 is 0 Å². The van der Waals surface area contributed by atoms with Crippen molar-refractivity contribution in [1.29, 1.82) is 0 Å². The summed E-state index contributed by atoms with van der Waals surface area (Å²) in [4.78, 5) is 2.77. The van der Waals surface area contributed by atoms with Gasteiger partial charge in [0, 0.05) is 17.1 Å². The van der Waals surface area contributed by atoms with E-state index in [1.165, 1.54) is 19.3 Å². The van der Waals surface area contributed by atoms with Crippen LogP contribution in [0.4, 0.5) is 0 Å².